The number of esters is 1. The maximum Gasteiger partial charge on any atom is 0.307 e. The maximum atomic E-state index is 12.1. The number of amides is 1. The normalized spacial score (nSPS) is 11.8. The third-order valence-corrected chi connectivity index (χ3v) is 3.83. The Morgan fingerprint density at radius 3 is 2.48 bits per heavy atom. The average Bonchev–Trinajstić information content (AvgIpc) is 2.45. The second-order valence-corrected chi connectivity index (χ2v) is 5.94. The summed E-state index contributed by atoms with van der Waals surface area (Å²) >= 11 is 3.40. The third kappa shape index (κ3) is 6.29. The lowest BCUT2D eigenvalue weighted by atomic mass is 9.97. The van der Waals surface area contributed by atoms with E-state index in [1.54, 1.807) is 18.9 Å². The zero-order valence-corrected chi connectivity index (χ0v) is 14.4. The second-order valence-electron chi connectivity index (χ2n) is 5.03. The molecule has 0 spiro atoms. The summed E-state index contributed by atoms with van der Waals surface area (Å²) in [6.45, 7) is 4.56. The highest BCUT2D eigenvalue weighted by Crippen LogP contribution is 2.21. The van der Waals surface area contributed by atoms with Crippen molar-refractivity contribution >= 4 is 27.8 Å². The first-order valence-corrected chi connectivity index (χ1v) is 7.88. The van der Waals surface area contributed by atoms with Gasteiger partial charge >= 0.3 is 5.97 Å². The lowest BCUT2D eigenvalue weighted by Crippen LogP contribution is -2.30. The van der Waals surface area contributed by atoms with Gasteiger partial charge in [0.15, 0.2) is 0 Å². The van der Waals surface area contributed by atoms with E-state index in [0.717, 1.165) is 10.0 Å². The van der Waals surface area contributed by atoms with Crippen LogP contribution in [0.2, 0.25) is 0 Å². The Morgan fingerprint density at radius 2 is 1.90 bits per heavy atom. The van der Waals surface area contributed by atoms with Gasteiger partial charge < -0.3 is 9.64 Å². The molecule has 0 radical (unpaired) electrons. The summed E-state index contributed by atoms with van der Waals surface area (Å²) in [6, 6.07) is 7.98. The van der Waals surface area contributed by atoms with E-state index < -0.39 is 0 Å². The molecule has 0 fully saturated rings. The van der Waals surface area contributed by atoms with Crippen LogP contribution in [0.3, 0.4) is 0 Å². The van der Waals surface area contributed by atoms with Crippen molar-refractivity contribution in [3.05, 3.63) is 34.3 Å². The predicted octanol–water partition coefficient (Wildman–Crippen LogP) is 3.35. The van der Waals surface area contributed by atoms with Crippen molar-refractivity contribution in [1.82, 2.24) is 4.90 Å². The second kappa shape index (κ2) is 8.82. The molecule has 0 saturated carbocycles. The smallest absolute Gasteiger partial charge is 0.307 e. The van der Waals surface area contributed by atoms with Crippen molar-refractivity contribution in [3.63, 3.8) is 0 Å². The summed E-state index contributed by atoms with van der Waals surface area (Å²) in [4.78, 5) is 25.0. The number of rotatable bonds is 7. The molecule has 1 aromatic rings. The van der Waals surface area contributed by atoms with Crippen molar-refractivity contribution in [3.8, 4) is 0 Å². The molecular formula is C16H22BrNO3. The molecule has 0 aromatic heterocycles. The van der Waals surface area contributed by atoms with Crippen LogP contribution in [0.15, 0.2) is 28.7 Å². The highest BCUT2D eigenvalue weighted by Gasteiger charge is 2.16. The zero-order valence-electron chi connectivity index (χ0n) is 12.8. The third-order valence-electron chi connectivity index (χ3n) is 3.30. The largest absolute Gasteiger partial charge is 0.466 e. The molecule has 5 heteroatoms. The highest BCUT2D eigenvalue weighted by atomic mass is 79.9. The summed E-state index contributed by atoms with van der Waals surface area (Å²) in [7, 11) is 1.72. The molecule has 0 bridgehead atoms. The monoisotopic (exact) mass is 355 g/mol. The van der Waals surface area contributed by atoms with Gasteiger partial charge in [-0.3, -0.25) is 9.59 Å². The quantitative estimate of drug-likeness (QED) is 0.704. The van der Waals surface area contributed by atoms with E-state index in [4.69, 9.17) is 4.74 Å². The van der Waals surface area contributed by atoms with Crippen LogP contribution in [0.1, 0.15) is 38.2 Å². The SMILES string of the molecule is CCOC(=O)CCN(C)C(=O)CC(C)c1ccc(Br)cc1. The van der Waals surface area contributed by atoms with Crippen molar-refractivity contribution < 1.29 is 14.3 Å². The predicted molar refractivity (Wildman–Crippen MR) is 86.1 cm³/mol. The summed E-state index contributed by atoms with van der Waals surface area (Å²) in [5.74, 6) is -0.0801. The topological polar surface area (TPSA) is 46.6 Å². The molecule has 0 aliphatic rings. The van der Waals surface area contributed by atoms with Crippen molar-refractivity contribution in [2.75, 3.05) is 20.2 Å². The van der Waals surface area contributed by atoms with Crippen LogP contribution < -0.4 is 0 Å². The summed E-state index contributed by atoms with van der Waals surface area (Å²) in [6.07, 6.45) is 0.670. The molecule has 0 aliphatic heterocycles. The van der Waals surface area contributed by atoms with Gasteiger partial charge in [-0.15, -0.1) is 0 Å². The first-order valence-electron chi connectivity index (χ1n) is 7.09. The Balaban J connectivity index is 2.44. The number of nitrogens with zero attached hydrogens (tertiary/aromatic N) is 1. The molecule has 116 valence electrons. The summed E-state index contributed by atoms with van der Waals surface area (Å²) in [5.41, 5.74) is 1.13. The van der Waals surface area contributed by atoms with Crippen LogP contribution in [-0.2, 0) is 14.3 Å². The molecule has 1 rings (SSSR count). The molecule has 4 nitrogen and oxygen atoms in total. The Bertz CT molecular complexity index is 473. The number of benzene rings is 1. The lowest BCUT2D eigenvalue weighted by Gasteiger charge is -2.19. The summed E-state index contributed by atoms with van der Waals surface area (Å²) in [5, 5.41) is 0. The van der Waals surface area contributed by atoms with E-state index in [2.05, 4.69) is 15.9 Å². The fraction of sp³-hybridized carbons (Fsp3) is 0.500. The number of hydrogen-bond donors (Lipinski definition) is 0. The standard InChI is InChI=1S/C16H22BrNO3/c1-4-21-16(20)9-10-18(3)15(19)11-12(2)13-5-7-14(17)8-6-13/h5-8,12H,4,9-11H2,1-3H3. The maximum absolute atomic E-state index is 12.1. The first kappa shape index (κ1) is 17.7. The first-order chi connectivity index (χ1) is 9.93. The molecule has 1 atom stereocenters. The van der Waals surface area contributed by atoms with Gasteiger partial charge in [-0.1, -0.05) is 35.0 Å². The minimum atomic E-state index is -0.266. The van der Waals surface area contributed by atoms with Gasteiger partial charge in [0.2, 0.25) is 5.91 Å². The fourth-order valence-corrected chi connectivity index (χ4v) is 2.21. The van der Waals surface area contributed by atoms with E-state index in [9.17, 15) is 9.59 Å². The van der Waals surface area contributed by atoms with Gasteiger partial charge in [-0.2, -0.15) is 0 Å². The van der Waals surface area contributed by atoms with Crippen LogP contribution in [-0.4, -0.2) is 37.0 Å². The van der Waals surface area contributed by atoms with Crippen LogP contribution in [0.5, 0.6) is 0 Å². The molecule has 0 aliphatic carbocycles. The number of hydrogen-bond acceptors (Lipinski definition) is 3. The van der Waals surface area contributed by atoms with Gasteiger partial charge in [-0.25, -0.2) is 0 Å². The Kier molecular flexibility index (Phi) is 7.43. The van der Waals surface area contributed by atoms with E-state index in [-0.39, 0.29) is 24.2 Å². The van der Waals surface area contributed by atoms with Gasteiger partial charge in [0.25, 0.3) is 0 Å². The molecule has 0 saturated heterocycles. The number of carbonyl (C=O) groups excluding carboxylic acids is 2. The van der Waals surface area contributed by atoms with Gasteiger partial charge in [0.1, 0.15) is 0 Å². The van der Waals surface area contributed by atoms with Gasteiger partial charge in [0.05, 0.1) is 13.0 Å². The van der Waals surface area contributed by atoms with Gasteiger partial charge in [0, 0.05) is 24.5 Å². The molecule has 1 aromatic carbocycles. The molecule has 21 heavy (non-hydrogen) atoms. The van der Waals surface area contributed by atoms with Crippen LogP contribution in [0.4, 0.5) is 0 Å². The molecule has 0 heterocycles. The molecule has 1 unspecified atom stereocenters. The number of halogens is 1. The van der Waals surface area contributed by atoms with Gasteiger partial charge in [-0.05, 0) is 30.5 Å². The Labute approximate surface area is 134 Å². The Hall–Kier alpha value is -1.36. The highest BCUT2D eigenvalue weighted by molar-refractivity contribution is 9.10. The van der Waals surface area contributed by atoms with Crippen molar-refractivity contribution in [2.24, 2.45) is 0 Å². The minimum absolute atomic E-state index is 0.0368. The van der Waals surface area contributed by atoms with E-state index in [1.807, 2.05) is 31.2 Å². The van der Waals surface area contributed by atoms with Crippen LogP contribution >= 0.6 is 15.9 Å². The Morgan fingerprint density at radius 1 is 1.29 bits per heavy atom. The van der Waals surface area contributed by atoms with Crippen LogP contribution in [0.25, 0.3) is 0 Å². The number of carbonyl (C=O) groups is 2. The van der Waals surface area contributed by atoms with E-state index in [1.165, 1.54) is 0 Å². The summed E-state index contributed by atoms with van der Waals surface area (Å²) < 4.78 is 5.88. The fourth-order valence-electron chi connectivity index (χ4n) is 1.94. The molecule has 1 amide bonds. The zero-order chi connectivity index (χ0) is 15.8. The van der Waals surface area contributed by atoms with Crippen molar-refractivity contribution in [2.45, 2.75) is 32.6 Å². The van der Waals surface area contributed by atoms with Crippen LogP contribution in [0, 0.1) is 0 Å². The minimum Gasteiger partial charge on any atom is -0.466 e. The molecule has 0 N–H and O–H groups in total. The lowest BCUT2D eigenvalue weighted by molar-refractivity contribution is -0.143. The molecular weight excluding hydrogens is 334 g/mol. The number of ether oxygens (including phenoxy) is 1. The van der Waals surface area contributed by atoms with Crippen molar-refractivity contribution in [1.29, 1.82) is 0 Å². The average molecular weight is 356 g/mol. The van der Waals surface area contributed by atoms with E-state index >= 15 is 0 Å². The van der Waals surface area contributed by atoms with E-state index in [0.29, 0.717) is 19.6 Å².